The minimum atomic E-state index is -3.60. The third kappa shape index (κ3) is 3.58. The van der Waals surface area contributed by atoms with Crippen LogP contribution in [0.25, 0.3) is 0 Å². The van der Waals surface area contributed by atoms with Gasteiger partial charge < -0.3 is 10.1 Å². The Morgan fingerprint density at radius 2 is 2.00 bits per heavy atom. The van der Waals surface area contributed by atoms with Crippen LogP contribution in [0.1, 0.15) is 17.5 Å². The number of amides is 1. The Morgan fingerprint density at radius 3 is 2.79 bits per heavy atom. The lowest BCUT2D eigenvalue weighted by Gasteiger charge is -2.11. The van der Waals surface area contributed by atoms with E-state index in [0.29, 0.717) is 30.0 Å². The highest BCUT2D eigenvalue weighted by molar-refractivity contribution is 7.89. The van der Waals surface area contributed by atoms with E-state index in [2.05, 4.69) is 10.0 Å². The van der Waals surface area contributed by atoms with E-state index in [4.69, 9.17) is 4.74 Å². The molecule has 2 aromatic rings. The number of rotatable bonds is 4. The largest absolute Gasteiger partial charge is 0.491 e. The average Bonchev–Trinajstić information content (AvgIpc) is 2.73. The third-order valence-corrected chi connectivity index (χ3v) is 5.32. The molecule has 0 aliphatic carbocycles. The average molecular weight is 346 g/mol. The summed E-state index contributed by atoms with van der Waals surface area (Å²) < 4.78 is 32.9. The van der Waals surface area contributed by atoms with Crippen LogP contribution >= 0.6 is 0 Å². The molecular weight excluding hydrogens is 328 g/mol. The van der Waals surface area contributed by atoms with E-state index in [1.807, 2.05) is 0 Å². The van der Waals surface area contributed by atoms with Gasteiger partial charge in [0.2, 0.25) is 15.9 Å². The van der Waals surface area contributed by atoms with Gasteiger partial charge in [-0.3, -0.25) is 4.79 Å². The second kappa shape index (κ2) is 6.62. The van der Waals surface area contributed by atoms with Gasteiger partial charge in [-0.25, -0.2) is 13.1 Å². The van der Waals surface area contributed by atoms with Crippen LogP contribution in [-0.4, -0.2) is 20.9 Å². The summed E-state index contributed by atoms with van der Waals surface area (Å²) in [5, 5.41) is 2.76. The number of hydrogen-bond acceptors (Lipinski definition) is 4. The Labute approximate surface area is 140 Å². The molecule has 7 heteroatoms. The van der Waals surface area contributed by atoms with Crippen LogP contribution in [0.5, 0.6) is 5.75 Å². The predicted molar refractivity (Wildman–Crippen MR) is 90.4 cm³/mol. The van der Waals surface area contributed by atoms with Gasteiger partial charge in [0.25, 0.3) is 0 Å². The van der Waals surface area contributed by atoms with Gasteiger partial charge in [0.05, 0.1) is 23.6 Å². The van der Waals surface area contributed by atoms with Crippen molar-refractivity contribution in [2.75, 3.05) is 11.9 Å². The lowest BCUT2D eigenvalue weighted by molar-refractivity contribution is -0.116. The van der Waals surface area contributed by atoms with Crippen molar-refractivity contribution in [1.82, 2.24) is 4.72 Å². The highest BCUT2D eigenvalue weighted by atomic mass is 32.2. The van der Waals surface area contributed by atoms with E-state index in [0.717, 1.165) is 5.56 Å². The zero-order valence-corrected chi connectivity index (χ0v) is 14.0. The number of carbonyl (C=O) groups is 1. The van der Waals surface area contributed by atoms with Crippen molar-refractivity contribution < 1.29 is 17.9 Å². The van der Waals surface area contributed by atoms with Crippen molar-refractivity contribution in [3.8, 4) is 5.75 Å². The number of sulfonamides is 1. The lowest BCUT2D eigenvalue weighted by Crippen LogP contribution is -2.24. The monoisotopic (exact) mass is 346 g/mol. The van der Waals surface area contributed by atoms with E-state index >= 15 is 0 Å². The van der Waals surface area contributed by atoms with Crippen LogP contribution in [0.3, 0.4) is 0 Å². The zero-order valence-electron chi connectivity index (χ0n) is 13.2. The molecule has 0 fully saturated rings. The summed E-state index contributed by atoms with van der Waals surface area (Å²) in [6.07, 6.45) is 0.296. The molecule has 1 heterocycles. The number of ether oxygens (including phenoxy) is 1. The van der Waals surface area contributed by atoms with Crippen LogP contribution in [0.15, 0.2) is 47.4 Å². The summed E-state index contributed by atoms with van der Waals surface area (Å²) in [6, 6.07) is 12.0. The minimum absolute atomic E-state index is 0.119. The first-order valence-electron chi connectivity index (χ1n) is 7.56. The molecule has 2 aromatic carbocycles. The molecule has 0 unspecified atom stereocenters. The number of fused-ring (bicyclic) bond motifs is 1. The molecular formula is C17H18N2O4S. The summed E-state index contributed by atoms with van der Waals surface area (Å²) in [5.41, 5.74) is 1.98. The fourth-order valence-electron chi connectivity index (χ4n) is 2.49. The van der Waals surface area contributed by atoms with Gasteiger partial charge in [-0.15, -0.1) is 0 Å². The summed E-state index contributed by atoms with van der Waals surface area (Å²) in [5.74, 6) is 0.470. The van der Waals surface area contributed by atoms with Crippen LogP contribution in [0, 0.1) is 6.92 Å². The standard InChI is InChI=1S/C17H18N2O4S/c1-12-4-2-3-5-16(12)24(21,22)18-11-13-6-7-15-14(10-13)19-17(20)8-9-23-15/h2-7,10,18H,8-9,11H2,1H3,(H,19,20). The number of anilines is 1. The molecule has 0 saturated carbocycles. The second-order valence-electron chi connectivity index (χ2n) is 5.57. The van der Waals surface area contributed by atoms with Crippen LogP contribution < -0.4 is 14.8 Å². The molecule has 1 amide bonds. The zero-order chi connectivity index (χ0) is 17.2. The molecule has 0 spiro atoms. The highest BCUT2D eigenvalue weighted by Gasteiger charge is 2.17. The summed E-state index contributed by atoms with van der Waals surface area (Å²) in [7, 11) is -3.60. The molecule has 0 atom stereocenters. The smallest absolute Gasteiger partial charge is 0.241 e. The Kier molecular flexibility index (Phi) is 4.55. The first-order chi connectivity index (χ1) is 11.5. The van der Waals surface area contributed by atoms with Gasteiger partial charge in [0.1, 0.15) is 5.75 Å². The number of aryl methyl sites for hydroxylation is 1. The molecule has 1 aliphatic heterocycles. The molecule has 0 aromatic heterocycles. The van der Waals surface area contributed by atoms with E-state index in [9.17, 15) is 13.2 Å². The first-order valence-corrected chi connectivity index (χ1v) is 9.05. The Balaban J connectivity index is 1.78. The van der Waals surface area contributed by atoms with Crippen LogP contribution in [0.4, 0.5) is 5.69 Å². The maximum Gasteiger partial charge on any atom is 0.241 e. The van der Waals surface area contributed by atoms with Crippen molar-refractivity contribution in [2.45, 2.75) is 24.8 Å². The molecule has 0 radical (unpaired) electrons. The Bertz CT molecular complexity index is 878. The predicted octanol–water partition coefficient (Wildman–Crippen LogP) is 2.19. The third-order valence-electron chi connectivity index (χ3n) is 3.75. The number of carbonyl (C=O) groups excluding carboxylic acids is 1. The normalized spacial score (nSPS) is 14.3. The Morgan fingerprint density at radius 1 is 1.21 bits per heavy atom. The van der Waals surface area contributed by atoms with Crippen molar-refractivity contribution >= 4 is 21.6 Å². The molecule has 126 valence electrons. The van der Waals surface area contributed by atoms with Crippen LogP contribution in [-0.2, 0) is 21.4 Å². The molecule has 3 rings (SSSR count). The second-order valence-corrected chi connectivity index (χ2v) is 7.30. The Hall–Kier alpha value is -2.38. The highest BCUT2D eigenvalue weighted by Crippen LogP contribution is 2.28. The van der Waals surface area contributed by atoms with Crippen molar-refractivity contribution in [3.63, 3.8) is 0 Å². The van der Waals surface area contributed by atoms with E-state index in [-0.39, 0.29) is 17.3 Å². The van der Waals surface area contributed by atoms with E-state index in [1.54, 1.807) is 49.4 Å². The molecule has 2 N–H and O–H groups in total. The SMILES string of the molecule is Cc1ccccc1S(=O)(=O)NCc1ccc2c(c1)NC(=O)CCO2. The number of nitrogens with one attached hydrogen (secondary N) is 2. The molecule has 6 nitrogen and oxygen atoms in total. The fraction of sp³-hybridized carbons (Fsp3) is 0.235. The van der Waals surface area contributed by atoms with Crippen LogP contribution in [0.2, 0.25) is 0 Å². The number of hydrogen-bond donors (Lipinski definition) is 2. The molecule has 0 saturated heterocycles. The van der Waals surface area contributed by atoms with Gasteiger partial charge in [-0.1, -0.05) is 24.3 Å². The molecule has 24 heavy (non-hydrogen) atoms. The summed E-state index contributed by atoms with van der Waals surface area (Å²) in [6.45, 7) is 2.21. The summed E-state index contributed by atoms with van der Waals surface area (Å²) >= 11 is 0. The van der Waals surface area contributed by atoms with E-state index in [1.165, 1.54) is 0 Å². The molecule has 1 aliphatic rings. The van der Waals surface area contributed by atoms with Gasteiger partial charge in [0, 0.05) is 6.54 Å². The van der Waals surface area contributed by atoms with Gasteiger partial charge in [-0.05, 0) is 36.2 Å². The maximum absolute atomic E-state index is 12.4. The first kappa shape index (κ1) is 16.5. The van der Waals surface area contributed by atoms with Crippen molar-refractivity contribution in [3.05, 3.63) is 53.6 Å². The number of benzene rings is 2. The maximum atomic E-state index is 12.4. The quantitative estimate of drug-likeness (QED) is 0.889. The van der Waals surface area contributed by atoms with Gasteiger partial charge in [0.15, 0.2) is 0 Å². The fourth-order valence-corrected chi connectivity index (χ4v) is 3.75. The minimum Gasteiger partial charge on any atom is -0.491 e. The topological polar surface area (TPSA) is 84.5 Å². The lowest BCUT2D eigenvalue weighted by atomic mass is 10.2. The van der Waals surface area contributed by atoms with Crippen molar-refractivity contribution in [2.24, 2.45) is 0 Å². The molecule has 0 bridgehead atoms. The van der Waals surface area contributed by atoms with Crippen molar-refractivity contribution in [1.29, 1.82) is 0 Å². The van der Waals surface area contributed by atoms with E-state index < -0.39 is 10.0 Å². The van der Waals surface area contributed by atoms with Gasteiger partial charge in [-0.2, -0.15) is 0 Å². The van der Waals surface area contributed by atoms with Gasteiger partial charge >= 0.3 is 0 Å². The summed E-state index contributed by atoms with van der Waals surface area (Å²) in [4.78, 5) is 11.9.